The zero-order valence-corrected chi connectivity index (χ0v) is 22.1. The molecule has 2 aromatic heterocycles. The Labute approximate surface area is 225 Å². The molecule has 0 atom stereocenters. The second kappa shape index (κ2) is 12.8. The van der Waals surface area contributed by atoms with E-state index in [1.165, 1.54) is 13.0 Å². The summed E-state index contributed by atoms with van der Waals surface area (Å²) in [5.74, 6) is 0.00446. The van der Waals surface area contributed by atoms with Crippen molar-refractivity contribution in [2.45, 2.75) is 44.6 Å². The van der Waals surface area contributed by atoms with Crippen molar-refractivity contribution in [2.24, 2.45) is 0 Å². The van der Waals surface area contributed by atoms with Gasteiger partial charge in [0.05, 0.1) is 18.0 Å². The van der Waals surface area contributed by atoms with E-state index in [2.05, 4.69) is 32.6 Å². The second-order valence-electron chi connectivity index (χ2n) is 9.91. The number of aromatic nitrogens is 2. The lowest BCUT2D eigenvalue weighted by Crippen LogP contribution is -2.38. The van der Waals surface area contributed by atoms with Gasteiger partial charge in [-0.15, -0.1) is 0 Å². The number of benzene rings is 1. The predicted molar refractivity (Wildman–Crippen MR) is 143 cm³/mol. The Morgan fingerprint density at radius 1 is 1.10 bits per heavy atom. The standard InChI is InChI=1S/C28H33F2N5O4/c1-3-35-12-10-21(11-13-35)38-22-8-9-23(31-16-22)27(37)32-20-6-4-19(5-7-20)14-26(36)33-25-15-24(39-34-25)28(2,17-29)18-30/h4-9,15-16,21H,3,10-14,17-18H2,1-2H3,(H,32,37)(H,33,34,36). The van der Waals surface area contributed by atoms with Crippen molar-refractivity contribution in [3.05, 3.63) is 65.7 Å². The van der Waals surface area contributed by atoms with Gasteiger partial charge in [0.1, 0.15) is 36.7 Å². The number of alkyl halides is 2. The van der Waals surface area contributed by atoms with E-state index in [4.69, 9.17) is 9.26 Å². The van der Waals surface area contributed by atoms with Gasteiger partial charge in [-0.05, 0) is 56.1 Å². The van der Waals surface area contributed by atoms with E-state index in [0.717, 1.165) is 32.5 Å². The van der Waals surface area contributed by atoms with Gasteiger partial charge in [0, 0.05) is 24.8 Å². The molecule has 9 nitrogen and oxygen atoms in total. The highest BCUT2D eigenvalue weighted by Crippen LogP contribution is 2.27. The van der Waals surface area contributed by atoms with Crippen LogP contribution in [0, 0.1) is 0 Å². The van der Waals surface area contributed by atoms with Crippen LogP contribution < -0.4 is 15.4 Å². The fourth-order valence-corrected chi connectivity index (χ4v) is 4.18. The monoisotopic (exact) mass is 541 g/mol. The van der Waals surface area contributed by atoms with Crippen molar-refractivity contribution in [3.8, 4) is 5.75 Å². The Kier molecular flexibility index (Phi) is 9.23. The lowest BCUT2D eigenvalue weighted by molar-refractivity contribution is -0.115. The maximum atomic E-state index is 13.2. The molecule has 2 amide bonds. The van der Waals surface area contributed by atoms with E-state index in [-0.39, 0.29) is 41.6 Å². The van der Waals surface area contributed by atoms with Gasteiger partial charge in [0.15, 0.2) is 5.82 Å². The highest BCUT2D eigenvalue weighted by Gasteiger charge is 2.32. The Morgan fingerprint density at radius 3 is 2.44 bits per heavy atom. The minimum atomic E-state index is -1.44. The number of hydrogen-bond acceptors (Lipinski definition) is 7. The van der Waals surface area contributed by atoms with E-state index in [0.29, 0.717) is 17.0 Å². The van der Waals surface area contributed by atoms with E-state index >= 15 is 0 Å². The third-order valence-electron chi connectivity index (χ3n) is 6.79. The zero-order chi connectivity index (χ0) is 27.8. The number of pyridine rings is 1. The van der Waals surface area contributed by atoms with Crippen molar-refractivity contribution in [1.29, 1.82) is 0 Å². The molecule has 0 aliphatic carbocycles. The van der Waals surface area contributed by atoms with Crippen LogP contribution in [0.2, 0.25) is 0 Å². The first-order valence-corrected chi connectivity index (χ1v) is 13.0. The summed E-state index contributed by atoms with van der Waals surface area (Å²) < 4.78 is 37.3. The van der Waals surface area contributed by atoms with Crippen LogP contribution in [0.25, 0.3) is 0 Å². The molecule has 39 heavy (non-hydrogen) atoms. The van der Waals surface area contributed by atoms with Crippen LogP contribution in [0.1, 0.15) is 48.5 Å². The molecule has 208 valence electrons. The van der Waals surface area contributed by atoms with Crippen molar-refractivity contribution in [2.75, 3.05) is 43.6 Å². The summed E-state index contributed by atoms with van der Waals surface area (Å²) in [5, 5.41) is 9.01. The summed E-state index contributed by atoms with van der Waals surface area (Å²) in [5.41, 5.74) is 0.0613. The Hall–Kier alpha value is -3.86. The normalized spacial score (nSPS) is 14.7. The van der Waals surface area contributed by atoms with Crippen LogP contribution in [-0.2, 0) is 16.6 Å². The zero-order valence-electron chi connectivity index (χ0n) is 22.1. The first kappa shape index (κ1) is 28.2. The quantitative estimate of drug-likeness (QED) is 0.366. The van der Waals surface area contributed by atoms with Crippen molar-refractivity contribution >= 4 is 23.3 Å². The van der Waals surface area contributed by atoms with Crippen LogP contribution >= 0.6 is 0 Å². The molecule has 1 aliphatic rings. The molecule has 1 fully saturated rings. The molecule has 4 rings (SSSR count). The molecule has 1 aromatic carbocycles. The van der Waals surface area contributed by atoms with Gasteiger partial charge in [-0.25, -0.2) is 13.8 Å². The summed E-state index contributed by atoms with van der Waals surface area (Å²) in [7, 11) is 0. The number of piperidine rings is 1. The third-order valence-corrected chi connectivity index (χ3v) is 6.79. The molecule has 0 spiro atoms. The Morgan fingerprint density at radius 2 is 1.82 bits per heavy atom. The number of anilines is 2. The average molecular weight is 542 g/mol. The van der Waals surface area contributed by atoms with Gasteiger partial charge in [-0.3, -0.25) is 9.59 Å². The molecule has 0 bridgehead atoms. The van der Waals surface area contributed by atoms with E-state index < -0.39 is 18.8 Å². The van der Waals surface area contributed by atoms with Crippen molar-refractivity contribution in [3.63, 3.8) is 0 Å². The third kappa shape index (κ3) is 7.38. The molecule has 3 heterocycles. The second-order valence-corrected chi connectivity index (χ2v) is 9.91. The maximum Gasteiger partial charge on any atom is 0.274 e. The minimum Gasteiger partial charge on any atom is -0.489 e. The molecule has 3 aromatic rings. The number of amides is 2. The molecule has 1 saturated heterocycles. The molecule has 1 aliphatic heterocycles. The van der Waals surface area contributed by atoms with Crippen molar-refractivity contribution < 1.29 is 27.6 Å². The van der Waals surface area contributed by atoms with Gasteiger partial charge < -0.3 is 24.8 Å². The van der Waals surface area contributed by atoms with Gasteiger partial charge in [0.2, 0.25) is 5.91 Å². The predicted octanol–water partition coefficient (Wildman–Crippen LogP) is 4.56. The van der Waals surface area contributed by atoms with Gasteiger partial charge >= 0.3 is 0 Å². The lowest BCUT2D eigenvalue weighted by atomic mass is 9.91. The smallest absolute Gasteiger partial charge is 0.274 e. The van der Waals surface area contributed by atoms with E-state index in [1.807, 2.05) is 0 Å². The van der Waals surface area contributed by atoms with E-state index in [1.54, 1.807) is 42.6 Å². The maximum absolute atomic E-state index is 13.2. The minimum absolute atomic E-state index is 0.0206. The van der Waals surface area contributed by atoms with Crippen LogP contribution in [0.15, 0.2) is 53.2 Å². The highest BCUT2D eigenvalue weighted by atomic mass is 19.1. The van der Waals surface area contributed by atoms with Crippen LogP contribution in [0.3, 0.4) is 0 Å². The average Bonchev–Trinajstić information content (AvgIpc) is 3.43. The number of nitrogens with one attached hydrogen (secondary N) is 2. The molecule has 0 radical (unpaired) electrons. The number of nitrogens with zero attached hydrogens (tertiary/aromatic N) is 3. The largest absolute Gasteiger partial charge is 0.489 e. The number of carbonyl (C=O) groups is 2. The fraction of sp³-hybridized carbons (Fsp3) is 0.429. The van der Waals surface area contributed by atoms with Gasteiger partial charge in [-0.1, -0.05) is 24.2 Å². The topological polar surface area (TPSA) is 110 Å². The number of rotatable bonds is 11. The number of carbonyl (C=O) groups excluding carboxylic acids is 2. The molecular formula is C28H33F2N5O4. The summed E-state index contributed by atoms with van der Waals surface area (Å²) >= 11 is 0. The van der Waals surface area contributed by atoms with Crippen LogP contribution in [0.4, 0.5) is 20.3 Å². The number of ether oxygens (including phenoxy) is 1. The van der Waals surface area contributed by atoms with E-state index in [9.17, 15) is 18.4 Å². The van der Waals surface area contributed by atoms with Crippen LogP contribution in [-0.4, -0.2) is 65.9 Å². The molecular weight excluding hydrogens is 508 g/mol. The SMILES string of the molecule is CCN1CCC(Oc2ccc(C(=O)Nc3ccc(CC(=O)Nc4cc(C(C)(CF)CF)on4)cc3)nc2)CC1. The number of halogens is 2. The van der Waals surface area contributed by atoms with Gasteiger partial charge in [-0.2, -0.15) is 0 Å². The summed E-state index contributed by atoms with van der Waals surface area (Å²) in [6, 6.07) is 11.5. The molecule has 0 unspecified atom stereocenters. The molecule has 0 saturated carbocycles. The summed E-state index contributed by atoms with van der Waals surface area (Å²) in [4.78, 5) is 31.6. The van der Waals surface area contributed by atoms with Crippen LogP contribution in [0.5, 0.6) is 5.75 Å². The Bertz CT molecular complexity index is 1240. The fourth-order valence-electron chi connectivity index (χ4n) is 4.18. The number of hydrogen-bond donors (Lipinski definition) is 2. The highest BCUT2D eigenvalue weighted by molar-refractivity contribution is 6.02. The lowest BCUT2D eigenvalue weighted by Gasteiger charge is -2.31. The van der Waals surface area contributed by atoms with Crippen molar-refractivity contribution in [1.82, 2.24) is 15.0 Å². The molecule has 11 heteroatoms. The van der Waals surface area contributed by atoms with Gasteiger partial charge in [0.25, 0.3) is 5.91 Å². The summed E-state index contributed by atoms with van der Waals surface area (Å²) in [6.07, 6.45) is 3.68. The first-order valence-electron chi connectivity index (χ1n) is 13.0. The summed E-state index contributed by atoms with van der Waals surface area (Å²) in [6.45, 7) is 4.70. The number of likely N-dealkylation sites (tertiary alicyclic amines) is 1. The molecule has 2 N–H and O–H groups in total. The first-order chi connectivity index (χ1) is 18.8. The Balaban J connectivity index is 1.25.